The number of anilines is 1. The van der Waals surface area contributed by atoms with Crippen LogP contribution in [0.15, 0.2) is 29.3 Å². The Morgan fingerprint density at radius 2 is 2.31 bits per heavy atom. The van der Waals surface area contributed by atoms with E-state index in [9.17, 15) is 9.59 Å². The molecule has 16 heavy (non-hydrogen) atoms. The van der Waals surface area contributed by atoms with Crippen LogP contribution in [-0.4, -0.2) is 22.4 Å². The van der Waals surface area contributed by atoms with Gasteiger partial charge in [0.2, 0.25) is 5.91 Å². The summed E-state index contributed by atoms with van der Waals surface area (Å²) in [6.07, 6.45) is 1.32. The summed E-state index contributed by atoms with van der Waals surface area (Å²) >= 11 is 0. The lowest BCUT2D eigenvalue weighted by molar-refractivity contribution is -0.114. The number of aromatic nitrogens is 2. The van der Waals surface area contributed by atoms with Gasteiger partial charge in [-0.2, -0.15) is 0 Å². The van der Waals surface area contributed by atoms with Crippen molar-refractivity contribution in [2.45, 2.75) is 0 Å². The van der Waals surface area contributed by atoms with Gasteiger partial charge in [0.05, 0.1) is 23.8 Å². The number of H-pyrrole nitrogens is 1. The van der Waals surface area contributed by atoms with Crippen molar-refractivity contribution in [3.05, 3.63) is 34.9 Å². The highest BCUT2D eigenvalue weighted by Gasteiger charge is 2.03. The summed E-state index contributed by atoms with van der Waals surface area (Å²) < 4.78 is 0. The van der Waals surface area contributed by atoms with E-state index in [-0.39, 0.29) is 18.0 Å². The maximum Gasteiger partial charge on any atom is 0.258 e. The number of nitrogens with two attached hydrogens (primary N) is 1. The highest BCUT2D eigenvalue weighted by atomic mass is 16.1. The first kappa shape index (κ1) is 10.3. The normalized spacial score (nSPS) is 10.3. The summed E-state index contributed by atoms with van der Waals surface area (Å²) in [5.41, 5.74) is 6.06. The van der Waals surface area contributed by atoms with Gasteiger partial charge in [-0.05, 0) is 18.2 Å². The van der Waals surface area contributed by atoms with Crippen molar-refractivity contribution in [2.75, 3.05) is 11.9 Å². The Morgan fingerprint density at radius 3 is 3.06 bits per heavy atom. The van der Waals surface area contributed by atoms with Gasteiger partial charge in [0.1, 0.15) is 0 Å². The van der Waals surface area contributed by atoms with Crippen LogP contribution in [0, 0.1) is 0 Å². The summed E-state index contributed by atoms with van der Waals surface area (Å²) in [7, 11) is 0. The van der Waals surface area contributed by atoms with Crippen LogP contribution in [0.2, 0.25) is 0 Å². The molecule has 6 nitrogen and oxygen atoms in total. The Kier molecular flexibility index (Phi) is 2.65. The van der Waals surface area contributed by atoms with Gasteiger partial charge in [0.15, 0.2) is 0 Å². The standard InChI is InChI=1S/C10H10N4O2/c11-4-9(15)14-6-1-2-7-8(3-6)12-5-13-10(7)16/h1-3,5H,4,11H2,(H,14,15)(H,12,13,16). The summed E-state index contributed by atoms with van der Waals surface area (Å²) in [6.45, 7) is -0.0825. The second-order valence-electron chi connectivity index (χ2n) is 3.22. The Morgan fingerprint density at radius 1 is 1.50 bits per heavy atom. The highest BCUT2D eigenvalue weighted by Crippen LogP contribution is 2.13. The van der Waals surface area contributed by atoms with Crippen molar-refractivity contribution >= 4 is 22.5 Å². The molecule has 6 heteroatoms. The van der Waals surface area contributed by atoms with Crippen LogP contribution in [-0.2, 0) is 4.79 Å². The van der Waals surface area contributed by atoms with Gasteiger partial charge < -0.3 is 16.0 Å². The lowest BCUT2D eigenvalue weighted by atomic mass is 10.2. The zero-order chi connectivity index (χ0) is 11.5. The molecule has 0 spiro atoms. The van der Waals surface area contributed by atoms with Gasteiger partial charge in [0, 0.05) is 5.69 Å². The molecule has 1 amide bonds. The van der Waals surface area contributed by atoms with Crippen molar-refractivity contribution < 1.29 is 4.79 Å². The number of benzene rings is 1. The molecule has 0 radical (unpaired) electrons. The molecule has 0 atom stereocenters. The molecule has 1 heterocycles. The van der Waals surface area contributed by atoms with Crippen molar-refractivity contribution in [1.82, 2.24) is 9.97 Å². The first-order valence-electron chi connectivity index (χ1n) is 4.68. The molecule has 0 fully saturated rings. The maximum absolute atomic E-state index is 11.4. The summed E-state index contributed by atoms with van der Waals surface area (Å²) in [5, 5.41) is 3.07. The van der Waals surface area contributed by atoms with Crippen molar-refractivity contribution in [1.29, 1.82) is 0 Å². The van der Waals surface area contributed by atoms with E-state index >= 15 is 0 Å². The molecule has 82 valence electrons. The van der Waals surface area contributed by atoms with E-state index < -0.39 is 0 Å². The number of aromatic amines is 1. The van der Waals surface area contributed by atoms with Crippen LogP contribution >= 0.6 is 0 Å². The highest BCUT2D eigenvalue weighted by molar-refractivity contribution is 5.94. The fourth-order valence-electron chi connectivity index (χ4n) is 1.36. The van der Waals surface area contributed by atoms with Crippen molar-refractivity contribution in [3.63, 3.8) is 0 Å². The fraction of sp³-hybridized carbons (Fsp3) is 0.100. The molecular formula is C10H10N4O2. The van der Waals surface area contributed by atoms with E-state index in [0.29, 0.717) is 16.6 Å². The van der Waals surface area contributed by atoms with E-state index in [2.05, 4.69) is 15.3 Å². The number of carbonyl (C=O) groups is 1. The third kappa shape index (κ3) is 1.91. The Bertz CT molecular complexity index is 591. The molecule has 0 aliphatic rings. The van der Waals surface area contributed by atoms with Crippen LogP contribution < -0.4 is 16.6 Å². The first-order valence-corrected chi connectivity index (χ1v) is 4.68. The Labute approximate surface area is 90.5 Å². The molecule has 1 aromatic carbocycles. The molecule has 0 saturated carbocycles. The number of fused-ring (bicyclic) bond motifs is 1. The zero-order valence-electron chi connectivity index (χ0n) is 8.36. The monoisotopic (exact) mass is 218 g/mol. The maximum atomic E-state index is 11.4. The molecule has 4 N–H and O–H groups in total. The molecule has 0 bridgehead atoms. The second kappa shape index (κ2) is 4.11. The van der Waals surface area contributed by atoms with Crippen molar-refractivity contribution in [3.8, 4) is 0 Å². The van der Waals surface area contributed by atoms with E-state index in [4.69, 9.17) is 5.73 Å². The Hall–Kier alpha value is -2.21. The number of rotatable bonds is 2. The van der Waals surface area contributed by atoms with E-state index in [1.165, 1.54) is 6.33 Å². The summed E-state index contributed by atoms with van der Waals surface area (Å²) in [4.78, 5) is 28.9. The number of carbonyl (C=O) groups excluding carboxylic acids is 1. The first-order chi connectivity index (χ1) is 7.70. The van der Waals surface area contributed by atoms with Crippen LogP contribution in [0.5, 0.6) is 0 Å². The number of nitrogens with one attached hydrogen (secondary N) is 2. The molecule has 0 saturated heterocycles. The third-order valence-corrected chi connectivity index (χ3v) is 2.11. The predicted molar refractivity (Wildman–Crippen MR) is 60.0 cm³/mol. The molecule has 0 unspecified atom stereocenters. The van der Waals surface area contributed by atoms with Gasteiger partial charge in [-0.3, -0.25) is 9.59 Å². The average Bonchev–Trinajstić information content (AvgIpc) is 2.29. The minimum Gasteiger partial charge on any atom is -0.325 e. The second-order valence-corrected chi connectivity index (χ2v) is 3.22. The summed E-state index contributed by atoms with van der Waals surface area (Å²) in [6, 6.07) is 4.86. The summed E-state index contributed by atoms with van der Waals surface area (Å²) in [5.74, 6) is -0.288. The number of hydrogen-bond acceptors (Lipinski definition) is 4. The molecule has 0 aliphatic carbocycles. The smallest absolute Gasteiger partial charge is 0.258 e. The van der Waals surface area contributed by atoms with Gasteiger partial charge in [0.25, 0.3) is 5.56 Å². The van der Waals surface area contributed by atoms with Gasteiger partial charge in [-0.1, -0.05) is 0 Å². The molecular weight excluding hydrogens is 208 g/mol. The molecule has 1 aromatic heterocycles. The number of amides is 1. The van der Waals surface area contributed by atoms with Gasteiger partial charge >= 0.3 is 0 Å². The number of nitrogens with zero attached hydrogens (tertiary/aromatic N) is 1. The average molecular weight is 218 g/mol. The van der Waals surface area contributed by atoms with Crippen LogP contribution in [0.1, 0.15) is 0 Å². The van der Waals surface area contributed by atoms with E-state index in [1.807, 2.05) is 0 Å². The molecule has 2 aromatic rings. The lowest BCUT2D eigenvalue weighted by Crippen LogP contribution is -2.21. The quantitative estimate of drug-likeness (QED) is 0.650. The zero-order valence-corrected chi connectivity index (χ0v) is 8.36. The van der Waals surface area contributed by atoms with Crippen LogP contribution in [0.3, 0.4) is 0 Å². The minimum atomic E-state index is -0.288. The Balaban J connectivity index is 2.45. The lowest BCUT2D eigenvalue weighted by Gasteiger charge is -2.03. The minimum absolute atomic E-state index is 0.0825. The van der Waals surface area contributed by atoms with E-state index in [0.717, 1.165) is 0 Å². The van der Waals surface area contributed by atoms with Gasteiger partial charge in [-0.15, -0.1) is 0 Å². The largest absolute Gasteiger partial charge is 0.325 e. The van der Waals surface area contributed by atoms with Gasteiger partial charge in [-0.25, -0.2) is 4.98 Å². The fourth-order valence-corrected chi connectivity index (χ4v) is 1.36. The third-order valence-electron chi connectivity index (χ3n) is 2.11. The van der Waals surface area contributed by atoms with E-state index in [1.54, 1.807) is 18.2 Å². The SMILES string of the molecule is NCC(=O)Nc1ccc2c(=O)[nH]cnc2c1. The molecule has 2 rings (SSSR count). The van der Waals surface area contributed by atoms with Crippen molar-refractivity contribution in [2.24, 2.45) is 5.73 Å². The topological polar surface area (TPSA) is 101 Å². The van der Waals surface area contributed by atoms with Crippen LogP contribution in [0.25, 0.3) is 10.9 Å². The van der Waals surface area contributed by atoms with Crippen LogP contribution in [0.4, 0.5) is 5.69 Å². The number of hydrogen-bond donors (Lipinski definition) is 3. The predicted octanol–water partition coefficient (Wildman–Crippen LogP) is -0.180. The molecule has 0 aliphatic heterocycles.